The van der Waals surface area contributed by atoms with Crippen LogP contribution in [0.15, 0.2) is 152 Å². The van der Waals surface area contributed by atoms with Crippen molar-refractivity contribution in [2.24, 2.45) is 0 Å². The second-order valence-electron chi connectivity index (χ2n) is 14.2. The van der Waals surface area contributed by atoms with Crippen LogP contribution >= 0.6 is 0 Å². The average molecular weight is 764 g/mol. The van der Waals surface area contributed by atoms with Crippen molar-refractivity contribution in [1.29, 1.82) is 26.3 Å². The van der Waals surface area contributed by atoms with E-state index in [1.54, 1.807) is 24.3 Å². The molecule has 0 aliphatic carbocycles. The first-order valence-corrected chi connectivity index (χ1v) is 18.9. The fourth-order valence-corrected chi connectivity index (χ4v) is 8.14. The smallest absolute Gasteiger partial charge is 0.160 e. The van der Waals surface area contributed by atoms with E-state index >= 15 is 0 Å². The summed E-state index contributed by atoms with van der Waals surface area (Å²) in [4.78, 5) is 10.1. The standard InChI is InChI=1S/C51H25N9/c52-26-31-11-15-45-39(19-31)40-20-32(27-53)12-16-46(40)59(45)49-23-37(30-56)38(44-25-43(35-7-3-1-4-8-35)57-51(58-44)36-9-5-2-6-10-36)24-50(49)60-47-17-13-33(28-54)21-41(47)42-22-34(29-55)14-18-48(42)60/h1-25H. The molecular weight excluding hydrogens is 739 g/mol. The van der Waals surface area contributed by atoms with Gasteiger partial charge in [-0.25, -0.2) is 9.97 Å². The van der Waals surface area contributed by atoms with Crippen molar-refractivity contribution in [2.75, 3.05) is 0 Å². The SMILES string of the molecule is N#Cc1ccc2c(c1)c1cc(C#N)ccc1n2-c1cc(C#N)c(-c2cc(-c3ccccc3)nc(-c3ccccc3)n2)cc1-n1c2ccc(C#N)cc2c2cc(C#N)ccc21. The van der Waals surface area contributed by atoms with Crippen LogP contribution in [0.4, 0.5) is 0 Å². The largest absolute Gasteiger partial charge is 0.307 e. The Hall–Kier alpha value is -9.33. The molecule has 0 aliphatic heterocycles. The van der Waals surface area contributed by atoms with Crippen LogP contribution in [0.2, 0.25) is 0 Å². The topological polar surface area (TPSA) is 155 Å². The molecule has 60 heavy (non-hydrogen) atoms. The Balaban J connectivity index is 1.37. The molecule has 0 atom stereocenters. The van der Waals surface area contributed by atoms with Gasteiger partial charge in [-0.2, -0.15) is 26.3 Å². The summed E-state index contributed by atoms with van der Waals surface area (Å²) in [6, 6.07) is 58.7. The number of hydrogen-bond acceptors (Lipinski definition) is 7. The first-order chi connectivity index (χ1) is 29.5. The van der Waals surface area contributed by atoms with E-state index in [0.717, 1.165) is 54.7 Å². The zero-order valence-corrected chi connectivity index (χ0v) is 31.5. The molecule has 0 radical (unpaired) electrons. The van der Waals surface area contributed by atoms with Gasteiger partial charge in [-0.15, -0.1) is 0 Å². The molecule has 0 aliphatic rings. The maximum atomic E-state index is 11.1. The van der Waals surface area contributed by atoms with Crippen molar-refractivity contribution in [1.82, 2.24) is 19.1 Å². The molecule has 10 rings (SSSR count). The molecule has 0 amide bonds. The van der Waals surface area contributed by atoms with Crippen LogP contribution in [0, 0.1) is 56.7 Å². The Morgan fingerprint density at radius 2 is 0.767 bits per heavy atom. The van der Waals surface area contributed by atoms with Crippen molar-refractivity contribution < 1.29 is 0 Å². The number of nitriles is 5. The Labute approximate surface area is 343 Å². The van der Waals surface area contributed by atoms with Crippen molar-refractivity contribution in [2.45, 2.75) is 0 Å². The van der Waals surface area contributed by atoms with Gasteiger partial charge in [0.25, 0.3) is 0 Å². The van der Waals surface area contributed by atoms with Gasteiger partial charge in [-0.3, -0.25) is 0 Å². The van der Waals surface area contributed by atoms with Crippen molar-refractivity contribution >= 4 is 43.6 Å². The molecule has 274 valence electrons. The number of nitrogens with zero attached hydrogens (tertiary/aromatic N) is 9. The summed E-state index contributed by atoms with van der Waals surface area (Å²) < 4.78 is 4.15. The van der Waals surface area contributed by atoms with Crippen molar-refractivity contribution in [3.8, 4) is 75.6 Å². The minimum Gasteiger partial charge on any atom is -0.307 e. The molecule has 0 bridgehead atoms. The second kappa shape index (κ2) is 14.0. The average Bonchev–Trinajstić information content (AvgIpc) is 3.82. The lowest BCUT2D eigenvalue weighted by Crippen LogP contribution is -2.06. The third-order valence-electron chi connectivity index (χ3n) is 10.9. The lowest BCUT2D eigenvalue weighted by molar-refractivity contribution is 1.09. The monoisotopic (exact) mass is 763 g/mol. The van der Waals surface area contributed by atoms with Crippen LogP contribution in [0.5, 0.6) is 0 Å². The highest BCUT2D eigenvalue weighted by Crippen LogP contribution is 2.42. The van der Waals surface area contributed by atoms with Crippen LogP contribution in [0.1, 0.15) is 27.8 Å². The van der Waals surface area contributed by atoms with Gasteiger partial charge in [-0.1, -0.05) is 60.7 Å². The summed E-state index contributed by atoms with van der Waals surface area (Å²) in [7, 11) is 0. The molecule has 3 aromatic heterocycles. The van der Waals surface area contributed by atoms with Gasteiger partial charge in [0.1, 0.15) is 0 Å². The lowest BCUT2D eigenvalue weighted by Gasteiger charge is -2.20. The molecule has 9 nitrogen and oxygen atoms in total. The van der Waals surface area contributed by atoms with Gasteiger partial charge in [0.15, 0.2) is 5.82 Å². The van der Waals surface area contributed by atoms with Crippen LogP contribution in [-0.4, -0.2) is 19.1 Å². The van der Waals surface area contributed by atoms with Gasteiger partial charge >= 0.3 is 0 Å². The van der Waals surface area contributed by atoms with E-state index in [4.69, 9.17) is 9.97 Å². The lowest BCUT2D eigenvalue weighted by atomic mass is 10.00. The quantitative estimate of drug-likeness (QED) is 0.169. The predicted octanol–water partition coefficient (Wildman–Crippen LogP) is 11.0. The van der Waals surface area contributed by atoms with Gasteiger partial charge in [0.2, 0.25) is 0 Å². The van der Waals surface area contributed by atoms with E-state index < -0.39 is 0 Å². The molecular formula is C51H25N9. The van der Waals surface area contributed by atoms with Crippen molar-refractivity contribution in [3.63, 3.8) is 0 Å². The Kier molecular flexibility index (Phi) is 8.19. The predicted molar refractivity (Wildman–Crippen MR) is 231 cm³/mol. The number of rotatable bonds is 5. The molecule has 0 spiro atoms. The zero-order valence-electron chi connectivity index (χ0n) is 31.5. The van der Waals surface area contributed by atoms with Crippen LogP contribution in [-0.2, 0) is 0 Å². The molecule has 7 aromatic carbocycles. The molecule has 0 fully saturated rings. The molecule has 0 unspecified atom stereocenters. The van der Waals surface area contributed by atoms with Gasteiger partial charge in [-0.05, 0) is 91.0 Å². The highest BCUT2D eigenvalue weighted by molar-refractivity contribution is 6.12. The maximum Gasteiger partial charge on any atom is 0.160 e. The van der Waals surface area contributed by atoms with Gasteiger partial charge in [0.05, 0.1) is 103 Å². The van der Waals surface area contributed by atoms with Crippen molar-refractivity contribution in [3.05, 3.63) is 179 Å². The van der Waals surface area contributed by atoms with Crippen LogP contribution in [0.25, 0.3) is 88.9 Å². The third-order valence-corrected chi connectivity index (χ3v) is 10.9. The summed E-state index contributed by atoms with van der Waals surface area (Å²) in [5, 5.41) is 54.0. The van der Waals surface area contributed by atoms with Gasteiger partial charge < -0.3 is 9.13 Å². The molecule has 0 N–H and O–H groups in total. The second-order valence-corrected chi connectivity index (χ2v) is 14.2. The number of hydrogen-bond donors (Lipinski definition) is 0. The van der Waals surface area contributed by atoms with Crippen LogP contribution < -0.4 is 0 Å². The molecule has 0 saturated carbocycles. The Bertz CT molecular complexity index is 3450. The molecule has 0 saturated heterocycles. The molecule has 3 heterocycles. The summed E-state index contributed by atoms with van der Waals surface area (Å²) in [6.07, 6.45) is 0. The van der Waals surface area contributed by atoms with Gasteiger partial charge in [0, 0.05) is 38.2 Å². The zero-order chi connectivity index (χ0) is 40.9. The number of fused-ring (bicyclic) bond motifs is 6. The fraction of sp³-hybridized carbons (Fsp3) is 0. The first kappa shape index (κ1) is 35.1. The van der Waals surface area contributed by atoms with E-state index in [-0.39, 0.29) is 0 Å². The summed E-state index contributed by atoms with van der Waals surface area (Å²) in [5.41, 5.74) is 10.1. The van der Waals surface area contributed by atoms with E-state index in [9.17, 15) is 26.3 Å². The maximum absolute atomic E-state index is 11.1. The molecule has 9 heteroatoms. The first-order valence-electron chi connectivity index (χ1n) is 18.9. The highest BCUT2D eigenvalue weighted by atomic mass is 15.1. The van der Waals surface area contributed by atoms with E-state index in [0.29, 0.717) is 62.0 Å². The van der Waals surface area contributed by atoms with E-state index in [1.165, 1.54) is 0 Å². The highest BCUT2D eigenvalue weighted by Gasteiger charge is 2.24. The Morgan fingerprint density at radius 3 is 1.18 bits per heavy atom. The number of aromatic nitrogens is 4. The Morgan fingerprint density at radius 1 is 0.367 bits per heavy atom. The van der Waals surface area contributed by atoms with E-state index in [1.807, 2.05) is 127 Å². The third kappa shape index (κ3) is 5.59. The van der Waals surface area contributed by atoms with Crippen LogP contribution in [0.3, 0.4) is 0 Å². The normalized spacial score (nSPS) is 10.9. The van der Waals surface area contributed by atoms with E-state index in [2.05, 4.69) is 39.5 Å². The molecule has 10 aromatic rings. The fourth-order valence-electron chi connectivity index (χ4n) is 8.14. The summed E-state index contributed by atoms with van der Waals surface area (Å²) in [6.45, 7) is 0. The minimum atomic E-state index is 0.349. The minimum absolute atomic E-state index is 0.349. The summed E-state index contributed by atoms with van der Waals surface area (Å²) in [5.74, 6) is 0.496. The number of benzene rings is 7. The summed E-state index contributed by atoms with van der Waals surface area (Å²) >= 11 is 0.